The summed E-state index contributed by atoms with van der Waals surface area (Å²) in [6, 6.07) is 6.21. The van der Waals surface area contributed by atoms with E-state index in [1.165, 1.54) is 10.4 Å². The Morgan fingerprint density at radius 2 is 2.07 bits per heavy atom. The number of nitrogens with zero attached hydrogens (tertiary/aromatic N) is 1. The van der Waals surface area contributed by atoms with Gasteiger partial charge < -0.3 is 9.32 Å². The summed E-state index contributed by atoms with van der Waals surface area (Å²) < 4.78 is 5.78. The largest absolute Gasteiger partial charge is 0.460 e. The highest BCUT2D eigenvalue weighted by molar-refractivity contribution is 7.10. The molecule has 0 amide bonds. The van der Waals surface area contributed by atoms with Gasteiger partial charge in [0.15, 0.2) is 0 Å². The highest BCUT2D eigenvalue weighted by Gasteiger charge is 2.08. The fourth-order valence-corrected chi connectivity index (χ4v) is 2.26. The highest BCUT2D eigenvalue weighted by atomic mass is 32.1. The summed E-state index contributed by atoms with van der Waals surface area (Å²) in [4.78, 5) is 3.41. The molecule has 2 aromatic rings. The lowest BCUT2D eigenvalue weighted by Crippen LogP contribution is -2.09. The average Bonchev–Trinajstić information content (AvgIpc) is 2.72. The van der Waals surface area contributed by atoms with Crippen molar-refractivity contribution in [3.05, 3.63) is 34.2 Å². The molecule has 0 aromatic carbocycles. The van der Waals surface area contributed by atoms with Gasteiger partial charge in [0.25, 0.3) is 0 Å². The molecule has 2 nitrogen and oxygen atoms in total. The van der Waals surface area contributed by atoms with Gasteiger partial charge in [0.2, 0.25) is 0 Å². The van der Waals surface area contributed by atoms with E-state index in [0.717, 1.165) is 18.1 Å². The van der Waals surface area contributed by atoms with E-state index >= 15 is 0 Å². The summed E-state index contributed by atoms with van der Waals surface area (Å²) in [6.45, 7) is 2.97. The molecule has 0 aliphatic rings. The van der Waals surface area contributed by atoms with E-state index in [4.69, 9.17) is 4.42 Å². The Kier molecular flexibility index (Phi) is 2.93. The van der Waals surface area contributed by atoms with Crippen LogP contribution in [0.2, 0.25) is 0 Å². The summed E-state index contributed by atoms with van der Waals surface area (Å²) >= 11 is 1.75. The number of rotatable bonds is 3. The molecule has 0 N–H and O–H groups in total. The standard InChI is InChI=1S/C12H15NOS/c1-9-11(6-7-15-9)12-5-4-10(14-12)8-13(2)3/h4-7H,8H2,1-3H3. The molecule has 0 fully saturated rings. The number of thiophene rings is 1. The van der Waals surface area contributed by atoms with Crippen LogP contribution in [0, 0.1) is 6.92 Å². The number of aryl methyl sites for hydroxylation is 1. The quantitative estimate of drug-likeness (QED) is 0.790. The molecule has 0 saturated heterocycles. The third-order valence-electron chi connectivity index (χ3n) is 2.26. The Bertz CT molecular complexity index is 442. The second kappa shape index (κ2) is 4.21. The SMILES string of the molecule is Cc1sccc1-c1ccc(CN(C)C)o1. The minimum atomic E-state index is 0.850. The second-order valence-corrected chi connectivity index (χ2v) is 5.01. The average molecular weight is 221 g/mol. The minimum absolute atomic E-state index is 0.850. The first-order valence-corrected chi connectivity index (χ1v) is 5.82. The van der Waals surface area contributed by atoms with Gasteiger partial charge in [-0.25, -0.2) is 0 Å². The molecule has 2 heterocycles. The van der Waals surface area contributed by atoms with Crippen LogP contribution in [0.1, 0.15) is 10.6 Å². The van der Waals surface area contributed by atoms with Crippen LogP contribution in [0.15, 0.2) is 28.0 Å². The maximum atomic E-state index is 5.78. The number of furan rings is 1. The molecule has 0 unspecified atom stereocenters. The fourth-order valence-electron chi connectivity index (χ4n) is 1.56. The Hall–Kier alpha value is -1.06. The second-order valence-electron chi connectivity index (χ2n) is 3.89. The predicted molar refractivity (Wildman–Crippen MR) is 64.1 cm³/mol. The van der Waals surface area contributed by atoms with Crippen LogP contribution in [-0.4, -0.2) is 19.0 Å². The van der Waals surface area contributed by atoms with Gasteiger partial charge in [0.1, 0.15) is 11.5 Å². The molecule has 0 atom stereocenters. The first kappa shape index (κ1) is 10.5. The molecule has 0 bridgehead atoms. The summed E-state index contributed by atoms with van der Waals surface area (Å²) in [6.07, 6.45) is 0. The van der Waals surface area contributed by atoms with E-state index in [-0.39, 0.29) is 0 Å². The first-order valence-electron chi connectivity index (χ1n) is 4.94. The topological polar surface area (TPSA) is 16.4 Å². The summed E-state index contributed by atoms with van der Waals surface area (Å²) in [7, 11) is 4.08. The van der Waals surface area contributed by atoms with E-state index in [9.17, 15) is 0 Å². The van der Waals surface area contributed by atoms with Crippen molar-refractivity contribution >= 4 is 11.3 Å². The maximum absolute atomic E-state index is 5.78. The zero-order valence-corrected chi connectivity index (χ0v) is 10.1. The van der Waals surface area contributed by atoms with Gasteiger partial charge in [-0.15, -0.1) is 11.3 Å². The maximum Gasteiger partial charge on any atom is 0.135 e. The van der Waals surface area contributed by atoms with Crippen LogP contribution >= 0.6 is 11.3 Å². The van der Waals surface area contributed by atoms with Crippen LogP contribution in [0.3, 0.4) is 0 Å². The van der Waals surface area contributed by atoms with Crippen molar-refractivity contribution in [2.75, 3.05) is 14.1 Å². The normalized spacial score (nSPS) is 11.2. The van der Waals surface area contributed by atoms with Crippen LogP contribution < -0.4 is 0 Å². The van der Waals surface area contributed by atoms with Crippen molar-refractivity contribution in [1.29, 1.82) is 0 Å². The molecule has 2 rings (SSSR count). The van der Waals surface area contributed by atoms with Crippen LogP contribution in [0.25, 0.3) is 11.3 Å². The van der Waals surface area contributed by atoms with Gasteiger partial charge in [-0.1, -0.05) is 0 Å². The molecular weight excluding hydrogens is 206 g/mol. The van der Waals surface area contributed by atoms with Crippen LogP contribution in [-0.2, 0) is 6.54 Å². The smallest absolute Gasteiger partial charge is 0.135 e. The molecule has 0 radical (unpaired) electrons. The van der Waals surface area contributed by atoms with Gasteiger partial charge >= 0.3 is 0 Å². The van der Waals surface area contributed by atoms with E-state index in [1.807, 2.05) is 26.2 Å². The Labute approximate surface area is 94.1 Å². The van der Waals surface area contributed by atoms with Gasteiger partial charge in [-0.3, -0.25) is 0 Å². The number of hydrogen-bond acceptors (Lipinski definition) is 3. The van der Waals surface area contributed by atoms with Crippen molar-refractivity contribution in [3.8, 4) is 11.3 Å². The number of hydrogen-bond donors (Lipinski definition) is 0. The van der Waals surface area contributed by atoms with Crippen molar-refractivity contribution in [2.45, 2.75) is 13.5 Å². The van der Waals surface area contributed by atoms with Gasteiger partial charge in [-0.05, 0) is 44.6 Å². The van der Waals surface area contributed by atoms with Crippen molar-refractivity contribution < 1.29 is 4.42 Å². The molecule has 0 aliphatic carbocycles. The highest BCUT2D eigenvalue weighted by Crippen LogP contribution is 2.29. The fraction of sp³-hybridized carbons (Fsp3) is 0.333. The zero-order chi connectivity index (χ0) is 10.8. The lowest BCUT2D eigenvalue weighted by molar-refractivity contribution is 0.353. The Morgan fingerprint density at radius 3 is 2.67 bits per heavy atom. The summed E-state index contributed by atoms with van der Waals surface area (Å²) in [5.41, 5.74) is 1.21. The van der Waals surface area contributed by atoms with Crippen molar-refractivity contribution in [3.63, 3.8) is 0 Å². The molecule has 80 valence electrons. The van der Waals surface area contributed by atoms with Crippen LogP contribution in [0.5, 0.6) is 0 Å². The van der Waals surface area contributed by atoms with Crippen molar-refractivity contribution in [2.24, 2.45) is 0 Å². The molecule has 0 saturated carbocycles. The third-order valence-corrected chi connectivity index (χ3v) is 3.10. The van der Waals surface area contributed by atoms with Gasteiger partial charge in [-0.2, -0.15) is 0 Å². The van der Waals surface area contributed by atoms with E-state index < -0.39 is 0 Å². The summed E-state index contributed by atoms with van der Waals surface area (Å²) in [5.74, 6) is 1.99. The molecule has 0 spiro atoms. The lowest BCUT2D eigenvalue weighted by Gasteiger charge is -2.05. The Balaban J connectivity index is 2.24. The molecule has 15 heavy (non-hydrogen) atoms. The van der Waals surface area contributed by atoms with E-state index in [1.54, 1.807) is 11.3 Å². The molecular formula is C12H15NOS. The third kappa shape index (κ3) is 2.30. The predicted octanol–water partition coefficient (Wildman–Crippen LogP) is 3.38. The molecule has 0 aliphatic heterocycles. The van der Waals surface area contributed by atoms with E-state index in [2.05, 4.69) is 23.3 Å². The Morgan fingerprint density at radius 1 is 1.27 bits per heavy atom. The minimum Gasteiger partial charge on any atom is -0.460 e. The molecule has 3 heteroatoms. The molecule has 2 aromatic heterocycles. The lowest BCUT2D eigenvalue weighted by atomic mass is 10.2. The van der Waals surface area contributed by atoms with Gasteiger partial charge in [0.05, 0.1) is 6.54 Å². The van der Waals surface area contributed by atoms with Crippen molar-refractivity contribution in [1.82, 2.24) is 4.90 Å². The van der Waals surface area contributed by atoms with E-state index in [0.29, 0.717) is 0 Å². The zero-order valence-electron chi connectivity index (χ0n) is 9.28. The van der Waals surface area contributed by atoms with Gasteiger partial charge in [0, 0.05) is 10.4 Å². The first-order chi connectivity index (χ1) is 7.16. The monoisotopic (exact) mass is 221 g/mol. The summed E-state index contributed by atoms with van der Waals surface area (Å²) in [5, 5.41) is 2.10. The van der Waals surface area contributed by atoms with Crippen LogP contribution in [0.4, 0.5) is 0 Å².